The lowest BCUT2D eigenvalue weighted by atomic mass is 10.2. The summed E-state index contributed by atoms with van der Waals surface area (Å²) in [5.41, 5.74) is 0. The number of rotatable bonds is 4. The van der Waals surface area contributed by atoms with Crippen LogP contribution in [0, 0.1) is 0 Å². The molecule has 0 aliphatic carbocycles. The van der Waals surface area contributed by atoms with E-state index in [2.05, 4.69) is 0 Å². The zero-order valence-corrected chi connectivity index (χ0v) is 8.58. The third-order valence-electron chi connectivity index (χ3n) is 1.34. The molecule has 0 heterocycles. The maximum Gasteiger partial charge on any atom is 0.314 e. The van der Waals surface area contributed by atoms with Crippen molar-refractivity contribution < 1.29 is 15.3 Å². The Bertz CT molecular complexity index is 141. The van der Waals surface area contributed by atoms with E-state index in [1.807, 2.05) is 29.5 Å². The number of aliphatic hydroxyl groups is 3. The van der Waals surface area contributed by atoms with Gasteiger partial charge in [-0.1, -0.05) is 42.4 Å². The Labute approximate surface area is 79.9 Å². The molecule has 0 saturated heterocycles. The van der Waals surface area contributed by atoms with Crippen molar-refractivity contribution in [2.75, 3.05) is 0 Å². The van der Waals surface area contributed by atoms with Crippen LogP contribution in [0.3, 0.4) is 0 Å². The van der Waals surface area contributed by atoms with E-state index in [0.717, 1.165) is 19.3 Å². The third-order valence-corrected chi connectivity index (χ3v) is 2.55. The van der Waals surface area contributed by atoms with Crippen LogP contribution in [-0.4, -0.2) is 19.2 Å². The highest BCUT2D eigenvalue weighted by atomic mass is 127. The van der Waals surface area contributed by atoms with Gasteiger partial charge in [0.05, 0.1) is 3.92 Å². The van der Waals surface area contributed by atoms with Crippen LogP contribution in [0.15, 0.2) is 11.7 Å². The van der Waals surface area contributed by atoms with Crippen LogP contribution < -0.4 is 0 Å². The molecule has 0 saturated carbocycles. The van der Waals surface area contributed by atoms with E-state index in [-0.39, 0.29) is 9.68 Å². The van der Waals surface area contributed by atoms with Crippen LogP contribution in [0.5, 0.6) is 0 Å². The number of aliphatic hydroxyl groups excluding tert-OH is 2. The van der Waals surface area contributed by atoms with Crippen molar-refractivity contribution in [3.8, 4) is 0 Å². The summed E-state index contributed by atoms with van der Waals surface area (Å²) in [6.07, 6.45) is 2.79. The molecule has 3 N–H and O–H groups in total. The molecule has 66 valence electrons. The highest BCUT2D eigenvalue weighted by Crippen LogP contribution is 2.18. The van der Waals surface area contributed by atoms with Crippen molar-refractivity contribution in [3.63, 3.8) is 0 Å². The molecule has 0 aliphatic heterocycles. The average Bonchev–Trinajstić information content (AvgIpc) is 1.98. The van der Waals surface area contributed by atoms with Crippen molar-refractivity contribution in [1.29, 1.82) is 0 Å². The van der Waals surface area contributed by atoms with Gasteiger partial charge in [0.1, 0.15) is 0 Å². The van der Waals surface area contributed by atoms with Gasteiger partial charge in [-0.2, -0.15) is 0 Å². The Kier molecular flexibility index (Phi) is 5.45. The minimum atomic E-state index is -0.958. The molecule has 0 spiro atoms. The van der Waals surface area contributed by atoms with E-state index in [1.165, 1.54) is 0 Å². The van der Waals surface area contributed by atoms with Gasteiger partial charge in [-0.05, 0) is 6.42 Å². The van der Waals surface area contributed by atoms with E-state index in [1.54, 1.807) is 0 Å². The van der Waals surface area contributed by atoms with Crippen molar-refractivity contribution in [2.24, 2.45) is 0 Å². The van der Waals surface area contributed by atoms with Gasteiger partial charge >= 0.3 is 5.95 Å². The van der Waals surface area contributed by atoms with Crippen LogP contribution in [0.2, 0.25) is 0 Å². The second-order valence-corrected chi connectivity index (χ2v) is 3.82. The number of unbranched alkanes of at least 4 members (excludes halogenated alkanes) is 1. The predicted molar refractivity (Wildman–Crippen MR) is 52.2 cm³/mol. The summed E-state index contributed by atoms with van der Waals surface area (Å²) in [5, 5.41) is 25.9. The van der Waals surface area contributed by atoms with Crippen LogP contribution >= 0.6 is 22.6 Å². The molecule has 11 heavy (non-hydrogen) atoms. The minimum Gasteiger partial charge on any atom is -0.505 e. The highest BCUT2D eigenvalue weighted by molar-refractivity contribution is 14.1. The first-order chi connectivity index (χ1) is 5.09. The number of hydrogen-bond acceptors (Lipinski definition) is 3. The molecule has 0 aromatic carbocycles. The average molecular weight is 272 g/mol. The first-order valence-electron chi connectivity index (χ1n) is 3.54. The van der Waals surface area contributed by atoms with E-state index in [9.17, 15) is 0 Å². The summed E-state index contributed by atoms with van der Waals surface area (Å²) in [5.74, 6) is -1.28. The quantitative estimate of drug-likeness (QED) is 0.419. The fourth-order valence-electron chi connectivity index (χ4n) is 0.660. The molecule has 1 atom stereocenters. The van der Waals surface area contributed by atoms with E-state index in [0.29, 0.717) is 0 Å². The Morgan fingerprint density at radius 2 is 1.91 bits per heavy atom. The van der Waals surface area contributed by atoms with E-state index >= 15 is 0 Å². The van der Waals surface area contributed by atoms with E-state index < -0.39 is 5.95 Å². The fraction of sp³-hybridized carbons (Fsp3) is 0.714. The van der Waals surface area contributed by atoms with Crippen LogP contribution in [0.4, 0.5) is 0 Å². The van der Waals surface area contributed by atoms with Gasteiger partial charge in [-0.25, -0.2) is 0 Å². The molecular weight excluding hydrogens is 259 g/mol. The Morgan fingerprint density at radius 3 is 2.27 bits per heavy atom. The maximum absolute atomic E-state index is 8.99. The molecule has 1 unspecified atom stereocenters. The zero-order chi connectivity index (χ0) is 8.85. The van der Waals surface area contributed by atoms with E-state index in [4.69, 9.17) is 15.3 Å². The molecule has 0 fully saturated rings. The molecule has 4 heteroatoms. The second kappa shape index (κ2) is 5.51. The summed E-state index contributed by atoms with van der Waals surface area (Å²) >= 11 is 1.98. The van der Waals surface area contributed by atoms with Crippen molar-refractivity contribution in [2.45, 2.75) is 30.1 Å². The lowest BCUT2D eigenvalue weighted by Crippen LogP contribution is -2.04. The first-order valence-corrected chi connectivity index (χ1v) is 4.79. The van der Waals surface area contributed by atoms with Gasteiger partial charge in [0.25, 0.3) is 0 Å². The molecule has 0 aliphatic rings. The molecule has 0 aromatic rings. The zero-order valence-electron chi connectivity index (χ0n) is 6.42. The summed E-state index contributed by atoms with van der Waals surface area (Å²) in [4.78, 5) is 0. The molecule has 0 bridgehead atoms. The lowest BCUT2D eigenvalue weighted by molar-refractivity contribution is 0.155. The topological polar surface area (TPSA) is 60.7 Å². The van der Waals surface area contributed by atoms with Crippen molar-refractivity contribution >= 4 is 22.6 Å². The number of hydrogen-bond donors (Lipinski definition) is 3. The molecule has 0 amide bonds. The Morgan fingerprint density at radius 1 is 1.36 bits per heavy atom. The maximum atomic E-state index is 8.99. The standard InChI is InChI=1S/C7H13IO3/c1-2-3-4-5(8)6(9)7(10)11/h5,9-11H,2-4H2,1H3. The molecule has 0 aromatic heterocycles. The summed E-state index contributed by atoms with van der Waals surface area (Å²) in [6.45, 7) is 2.04. The second-order valence-electron chi connectivity index (χ2n) is 2.32. The SMILES string of the molecule is CCCCC(I)C(O)=C(O)O. The highest BCUT2D eigenvalue weighted by Gasteiger charge is 2.13. The fourth-order valence-corrected chi connectivity index (χ4v) is 1.38. The Balaban J connectivity index is 3.83. The van der Waals surface area contributed by atoms with Crippen LogP contribution in [0.1, 0.15) is 26.2 Å². The summed E-state index contributed by atoms with van der Waals surface area (Å²) < 4.78 is -0.183. The number of halogens is 1. The largest absolute Gasteiger partial charge is 0.505 e. The smallest absolute Gasteiger partial charge is 0.314 e. The predicted octanol–water partition coefficient (Wildman–Crippen LogP) is 2.82. The summed E-state index contributed by atoms with van der Waals surface area (Å²) in [6, 6.07) is 0. The molecule has 3 nitrogen and oxygen atoms in total. The molecular formula is C7H13IO3. The van der Waals surface area contributed by atoms with Crippen molar-refractivity contribution in [1.82, 2.24) is 0 Å². The van der Waals surface area contributed by atoms with Gasteiger partial charge < -0.3 is 15.3 Å². The number of alkyl halides is 1. The summed E-state index contributed by atoms with van der Waals surface area (Å²) in [7, 11) is 0. The normalized spacial score (nSPS) is 12.5. The van der Waals surface area contributed by atoms with Crippen molar-refractivity contribution in [3.05, 3.63) is 11.7 Å². The van der Waals surface area contributed by atoms with Gasteiger partial charge in [-0.15, -0.1) is 0 Å². The molecule has 0 rings (SSSR count). The Hall–Kier alpha value is -0.130. The molecule has 0 radical (unpaired) electrons. The minimum absolute atomic E-state index is 0.183. The van der Waals surface area contributed by atoms with Gasteiger partial charge in [0.15, 0.2) is 5.76 Å². The van der Waals surface area contributed by atoms with Gasteiger partial charge in [0.2, 0.25) is 0 Å². The lowest BCUT2D eigenvalue weighted by Gasteiger charge is -2.06. The van der Waals surface area contributed by atoms with Gasteiger partial charge in [0, 0.05) is 0 Å². The van der Waals surface area contributed by atoms with Crippen LogP contribution in [-0.2, 0) is 0 Å². The van der Waals surface area contributed by atoms with Gasteiger partial charge in [-0.3, -0.25) is 0 Å². The van der Waals surface area contributed by atoms with Crippen LogP contribution in [0.25, 0.3) is 0 Å². The monoisotopic (exact) mass is 272 g/mol. The first kappa shape index (κ1) is 10.9. The number of allylic oxidation sites excluding steroid dienone is 1. The third kappa shape index (κ3) is 4.34.